The Balaban J connectivity index is 1.58. The average Bonchev–Trinajstić information content (AvgIpc) is 3.13. The summed E-state index contributed by atoms with van der Waals surface area (Å²) in [6, 6.07) is 19.8. The molecule has 172 valence electrons. The Morgan fingerprint density at radius 2 is 1.79 bits per heavy atom. The molecule has 0 aliphatic carbocycles. The Hall–Kier alpha value is -3.91. The highest BCUT2D eigenvalue weighted by Gasteiger charge is 2.32. The minimum absolute atomic E-state index is 0.0636. The van der Waals surface area contributed by atoms with Gasteiger partial charge < -0.3 is 9.84 Å². The van der Waals surface area contributed by atoms with Crippen molar-refractivity contribution in [3.63, 3.8) is 0 Å². The Morgan fingerprint density at radius 1 is 1.09 bits per heavy atom. The first-order valence-electron chi connectivity index (χ1n) is 10.5. The Labute approximate surface area is 200 Å². The van der Waals surface area contributed by atoms with Crippen molar-refractivity contribution in [1.82, 2.24) is 4.90 Å². The molecule has 3 aromatic rings. The van der Waals surface area contributed by atoms with Gasteiger partial charge in [-0.1, -0.05) is 36.4 Å². The van der Waals surface area contributed by atoms with Gasteiger partial charge >= 0.3 is 5.97 Å². The quantitative estimate of drug-likeness (QED) is 0.441. The van der Waals surface area contributed by atoms with Gasteiger partial charge in [0, 0.05) is 17.7 Å². The second kappa shape index (κ2) is 10.4. The lowest BCUT2D eigenvalue weighted by atomic mass is 10.1. The van der Waals surface area contributed by atoms with Gasteiger partial charge in [0.15, 0.2) is 5.17 Å². The number of para-hydroxylation sites is 1. The van der Waals surface area contributed by atoms with Crippen molar-refractivity contribution in [3.8, 4) is 5.75 Å². The number of carboxylic acid groups (broad SMARTS) is 1. The molecule has 1 amide bonds. The fraction of sp³-hybridized carbons (Fsp3) is 0.115. The highest BCUT2D eigenvalue weighted by atomic mass is 32.2. The van der Waals surface area contributed by atoms with Crippen LogP contribution in [0.15, 0.2) is 82.7 Å². The van der Waals surface area contributed by atoms with Crippen LogP contribution in [0, 0.1) is 5.82 Å². The molecule has 0 saturated carbocycles. The van der Waals surface area contributed by atoms with E-state index in [-0.39, 0.29) is 23.9 Å². The lowest BCUT2D eigenvalue weighted by Crippen LogP contribution is -2.28. The number of rotatable bonds is 7. The third-order valence-electron chi connectivity index (χ3n) is 5.09. The number of nitrogens with zero attached hydrogens (tertiary/aromatic N) is 2. The summed E-state index contributed by atoms with van der Waals surface area (Å²) in [5, 5.41) is 9.57. The number of carbonyl (C=O) groups excluding carboxylic acids is 1. The molecule has 34 heavy (non-hydrogen) atoms. The van der Waals surface area contributed by atoms with E-state index in [0.717, 1.165) is 0 Å². The zero-order chi connectivity index (χ0) is 24.1. The molecule has 8 heteroatoms. The third-order valence-corrected chi connectivity index (χ3v) is 6.10. The van der Waals surface area contributed by atoms with Crippen molar-refractivity contribution in [2.24, 2.45) is 4.99 Å². The topological polar surface area (TPSA) is 79.2 Å². The maximum absolute atomic E-state index is 13.9. The number of thioether (sulfide) groups is 1. The number of likely N-dealkylation sites (N-methyl/N-ethyl adjacent to an activating group) is 1. The standard InChI is InChI=1S/C26H21FN2O4S/c1-2-29-24(30)23(34-26(29)28-20-13-11-17(12-14-20)25(31)32)15-18-7-4-6-10-22(18)33-16-19-8-3-5-9-21(19)27/h3-15H,2,16H2,1H3,(H,31,32). The molecular weight excluding hydrogens is 455 g/mol. The first kappa shape index (κ1) is 23.3. The number of ether oxygens (including phenoxy) is 1. The summed E-state index contributed by atoms with van der Waals surface area (Å²) in [5.74, 6) is -1.00. The van der Waals surface area contributed by atoms with Gasteiger partial charge in [-0.3, -0.25) is 9.69 Å². The highest BCUT2D eigenvalue weighted by molar-refractivity contribution is 8.18. The number of amidine groups is 1. The van der Waals surface area contributed by atoms with Gasteiger partial charge in [0.2, 0.25) is 0 Å². The van der Waals surface area contributed by atoms with E-state index >= 15 is 0 Å². The molecule has 0 atom stereocenters. The summed E-state index contributed by atoms with van der Waals surface area (Å²) in [6.07, 6.45) is 1.74. The van der Waals surface area contributed by atoms with Crippen LogP contribution in [-0.2, 0) is 11.4 Å². The second-order valence-corrected chi connectivity index (χ2v) is 8.33. The van der Waals surface area contributed by atoms with Gasteiger partial charge in [0.25, 0.3) is 5.91 Å². The number of hydrogen-bond acceptors (Lipinski definition) is 5. The number of aromatic carboxylic acids is 1. The molecule has 0 radical (unpaired) electrons. The molecule has 1 fully saturated rings. The SMILES string of the molecule is CCN1C(=O)C(=Cc2ccccc2OCc2ccccc2F)SC1=Nc1ccc(C(=O)O)cc1. The zero-order valence-corrected chi connectivity index (χ0v) is 19.1. The summed E-state index contributed by atoms with van der Waals surface area (Å²) in [6.45, 7) is 2.35. The monoisotopic (exact) mass is 476 g/mol. The van der Waals surface area contributed by atoms with Gasteiger partial charge in [-0.05, 0) is 61.2 Å². The second-order valence-electron chi connectivity index (χ2n) is 7.32. The largest absolute Gasteiger partial charge is 0.488 e. The number of halogens is 1. The molecule has 3 aromatic carbocycles. The van der Waals surface area contributed by atoms with Crippen molar-refractivity contribution < 1.29 is 23.8 Å². The number of carboxylic acids is 1. The molecule has 1 N–H and O–H groups in total. The molecule has 1 saturated heterocycles. The first-order chi connectivity index (χ1) is 16.5. The Morgan fingerprint density at radius 3 is 2.50 bits per heavy atom. The smallest absolute Gasteiger partial charge is 0.335 e. The molecule has 1 aliphatic rings. The zero-order valence-electron chi connectivity index (χ0n) is 18.3. The van der Waals surface area contributed by atoms with Crippen molar-refractivity contribution >= 4 is 40.6 Å². The lowest BCUT2D eigenvalue weighted by molar-refractivity contribution is -0.122. The lowest BCUT2D eigenvalue weighted by Gasteiger charge is -2.12. The van der Waals surface area contributed by atoms with Crippen LogP contribution < -0.4 is 4.74 Å². The summed E-state index contributed by atoms with van der Waals surface area (Å²) < 4.78 is 19.8. The Bertz CT molecular complexity index is 1290. The fourth-order valence-corrected chi connectivity index (χ4v) is 4.36. The van der Waals surface area contributed by atoms with Gasteiger partial charge in [-0.25, -0.2) is 14.2 Å². The van der Waals surface area contributed by atoms with Crippen molar-refractivity contribution in [2.45, 2.75) is 13.5 Å². The summed E-state index contributed by atoms with van der Waals surface area (Å²) in [4.78, 5) is 30.6. The predicted molar refractivity (Wildman–Crippen MR) is 131 cm³/mol. The molecular formula is C26H21FN2O4S. The van der Waals surface area contributed by atoms with E-state index in [2.05, 4.69) is 4.99 Å². The summed E-state index contributed by atoms with van der Waals surface area (Å²) in [5.41, 5.74) is 1.85. The van der Waals surface area contributed by atoms with Crippen LogP contribution in [0.5, 0.6) is 5.75 Å². The molecule has 0 bridgehead atoms. The average molecular weight is 477 g/mol. The van der Waals surface area contributed by atoms with E-state index in [1.807, 2.05) is 25.1 Å². The molecule has 0 spiro atoms. The maximum atomic E-state index is 13.9. The van der Waals surface area contributed by atoms with Crippen molar-refractivity contribution in [2.75, 3.05) is 6.54 Å². The van der Waals surface area contributed by atoms with Crippen molar-refractivity contribution in [1.29, 1.82) is 0 Å². The van der Waals surface area contributed by atoms with Gasteiger partial charge in [-0.2, -0.15) is 0 Å². The number of carbonyl (C=O) groups is 2. The number of hydrogen-bond donors (Lipinski definition) is 1. The van der Waals surface area contributed by atoms with Crippen LogP contribution in [0.1, 0.15) is 28.4 Å². The van der Waals surface area contributed by atoms with E-state index in [9.17, 15) is 14.0 Å². The predicted octanol–water partition coefficient (Wildman–Crippen LogP) is 5.73. The number of benzene rings is 3. The molecule has 0 unspecified atom stereocenters. The van der Waals surface area contributed by atoms with Crippen molar-refractivity contribution in [3.05, 3.63) is 100 Å². The number of amides is 1. The maximum Gasteiger partial charge on any atom is 0.335 e. The van der Waals surface area contributed by atoms with Crippen LogP contribution in [0.3, 0.4) is 0 Å². The van der Waals surface area contributed by atoms with Crippen LogP contribution in [0.2, 0.25) is 0 Å². The summed E-state index contributed by atoms with van der Waals surface area (Å²) in [7, 11) is 0. The van der Waals surface area contributed by atoms with Gasteiger partial charge in [0.05, 0.1) is 16.2 Å². The highest BCUT2D eigenvalue weighted by Crippen LogP contribution is 2.35. The van der Waals surface area contributed by atoms with E-state index < -0.39 is 5.97 Å². The first-order valence-corrected chi connectivity index (χ1v) is 11.4. The van der Waals surface area contributed by atoms with E-state index in [1.165, 1.54) is 30.0 Å². The molecule has 0 aromatic heterocycles. The molecule has 6 nitrogen and oxygen atoms in total. The van der Waals surface area contributed by atoms with Crippen LogP contribution in [0.4, 0.5) is 10.1 Å². The fourth-order valence-electron chi connectivity index (χ4n) is 3.30. The third kappa shape index (κ3) is 5.18. The van der Waals surface area contributed by atoms with Crippen LogP contribution >= 0.6 is 11.8 Å². The minimum atomic E-state index is -1.01. The number of aliphatic imine (C=N–C) groups is 1. The minimum Gasteiger partial charge on any atom is -0.488 e. The normalized spacial score (nSPS) is 15.8. The van der Waals surface area contributed by atoms with E-state index in [4.69, 9.17) is 9.84 Å². The van der Waals surface area contributed by atoms with Gasteiger partial charge in [0.1, 0.15) is 18.2 Å². The molecule has 4 rings (SSSR count). The van der Waals surface area contributed by atoms with Crippen LogP contribution in [0.25, 0.3) is 6.08 Å². The Kier molecular flexibility index (Phi) is 7.08. The molecule has 1 heterocycles. The van der Waals surface area contributed by atoms with E-state index in [0.29, 0.717) is 39.2 Å². The van der Waals surface area contributed by atoms with Gasteiger partial charge in [-0.15, -0.1) is 0 Å². The van der Waals surface area contributed by atoms with E-state index in [1.54, 1.807) is 47.4 Å². The molecule has 1 aliphatic heterocycles. The van der Waals surface area contributed by atoms with Crippen LogP contribution in [-0.4, -0.2) is 33.6 Å². The summed E-state index contributed by atoms with van der Waals surface area (Å²) >= 11 is 1.23.